The number of piperidine rings is 1. The fraction of sp³-hybridized carbons (Fsp3) is 0.381. The van der Waals surface area contributed by atoms with Gasteiger partial charge in [0.05, 0.1) is 13.2 Å². The van der Waals surface area contributed by atoms with Gasteiger partial charge in [-0.25, -0.2) is 0 Å². The Balaban J connectivity index is 1.62. The number of aliphatic hydroxyl groups excluding tert-OH is 1. The number of benzene rings is 2. The lowest BCUT2D eigenvalue weighted by molar-refractivity contribution is 0.0790. The maximum atomic E-state index is 12.4. The van der Waals surface area contributed by atoms with Crippen molar-refractivity contribution in [1.82, 2.24) is 10.2 Å². The summed E-state index contributed by atoms with van der Waals surface area (Å²) in [5.41, 5.74) is 2.93. The van der Waals surface area contributed by atoms with Crippen LogP contribution in [0.1, 0.15) is 34.3 Å². The molecule has 1 aliphatic heterocycles. The van der Waals surface area contributed by atoms with Crippen LogP contribution in [0.25, 0.3) is 0 Å². The van der Waals surface area contributed by atoms with E-state index in [1.165, 1.54) is 5.56 Å². The largest absolute Gasteiger partial charge is 0.497 e. The molecule has 0 aliphatic carbocycles. The predicted molar refractivity (Wildman–Crippen MR) is 101 cm³/mol. The Labute approximate surface area is 154 Å². The monoisotopic (exact) mass is 354 g/mol. The second-order valence-electron chi connectivity index (χ2n) is 6.69. The van der Waals surface area contributed by atoms with Gasteiger partial charge in [0.1, 0.15) is 5.75 Å². The molecule has 1 saturated heterocycles. The molecule has 2 aromatic carbocycles. The second-order valence-corrected chi connectivity index (χ2v) is 6.69. The van der Waals surface area contributed by atoms with Crippen molar-refractivity contribution < 1.29 is 14.6 Å². The first-order valence-corrected chi connectivity index (χ1v) is 9.05. The van der Waals surface area contributed by atoms with E-state index in [-0.39, 0.29) is 12.0 Å². The number of ether oxygens (including phenoxy) is 1. The Morgan fingerprint density at radius 1 is 1.15 bits per heavy atom. The molecule has 0 atom stereocenters. The normalized spacial score (nSPS) is 15.6. The Morgan fingerprint density at radius 2 is 1.88 bits per heavy atom. The van der Waals surface area contributed by atoms with Crippen LogP contribution in [0.3, 0.4) is 0 Å². The molecule has 138 valence electrons. The molecule has 2 aromatic rings. The van der Waals surface area contributed by atoms with Gasteiger partial charge >= 0.3 is 0 Å². The zero-order chi connectivity index (χ0) is 18.4. The van der Waals surface area contributed by atoms with E-state index in [1.54, 1.807) is 19.2 Å². The molecule has 0 aromatic heterocycles. The van der Waals surface area contributed by atoms with Gasteiger partial charge < -0.3 is 15.2 Å². The number of hydrogen-bond acceptors (Lipinski definition) is 4. The van der Waals surface area contributed by atoms with Crippen LogP contribution in [0.15, 0.2) is 48.5 Å². The van der Waals surface area contributed by atoms with E-state index >= 15 is 0 Å². The third kappa shape index (κ3) is 4.84. The van der Waals surface area contributed by atoms with Crippen LogP contribution in [-0.2, 0) is 13.1 Å². The first-order chi connectivity index (χ1) is 12.7. The van der Waals surface area contributed by atoms with E-state index < -0.39 is 0 Å². The SMILES string of the molecule is COc1cccc(C(=O)NCc2ccccc2CN2CCC(O)CC2)c1. The number of rotatable bonds is 6. The molecule has 26 heavy (non-hydrogen) atoms. The molecule has 1 amide bonds. The fourth-order valence-corrected chi connectivity index (χ4v) is 3.24. The minimum Gasteiger partial charge on any atom is -0.497 e. The maximum Gasteiger partial charge on any atom is 0.251 e. The summed E-state index contributed by atoms with van der Waals surface area (Å²) in [7, 11) is 1.59. The summed E-state index contributed by atoms with van der Waals surface area (Å²) in [6.45, 7) is 3.15. The van der Waals surface area contributed by atoms with Gasteiger partial charge in [-0.05, 0) is 42.2 Å². The number of carbonyl (C=O) groups excluding carboxylic acids is 1. The average molecular weight is 354 g/mol. The van der Waals surface area contributed by atoms with Gasteiger partial charge in [-0.2, -0.15) is 0 Å². The zero-order valence-electron chi connectivity index (χ0n) is 15.1. The van der Waals surface area contributed by atoms with Gasteiger partial charge in [-0.15, -0.1) is 0 Å². The predicted octanol–water partition coefficient (Wildman–Crippen LogP) is 2.58. The van der Waals surface area contributed by atoms with Crippen LogP contribution in [0.5, 0.6) is 5.75 Å². The number of nitrogens with zero attached hydrogens (tertiary/aromatic N) is 1. The standard InChI is InChI=1S/C21H26N2O3/c1-26-20-8-4-7-16(13-20)21(25)22-14-17-5-2-3-6-18(17)15-23-11-9-19(24)10-12-23/h2-8,13,19,24H,9-12,14-15H2,1H3,(H,22,25). The smallest absolute Gasteiger partial charge is 0.251 e. The van der Waals surface area contributed by atoms with E-state index in [0.29, 0.717) is 17.9 Å². The van der Waals surface area contributed by atoms with Gasteiger partial charge in [0.2, 0.25) is 0 Å². The number of aliphatic hydroxyl groups is 1. The number of nitrogens with one attached hydrogen (secondary N) is 1. The van der Waals surface area contributed by atoms with Crippen molar-refractivity contribution in [2.24, 2.45) is 0 Å². The Hall–Kier alpha value is -2.37. The quantitative estimate of drug-likeness (QED) is 0.837. The third-order valence-corrected chi connectivity index (χ3v) is 4.84. The zero-order valence-corrected chi connectivity index (χ0v) is 15.1. The van der Waals surface area contributed by atoms with Crippen LogP contribution in [-0.4, -0.2) is 42.2 Å². The van der Waals surface area contributed by atoms with Gasteiger partial charge in [0.15, 0.2) is 0 Å². The minimum absolute atomic E-state index is 0.111. The molecule has 5 heteroatoms. The minimum atomic E-state index is -0.163. The molecule has 0 spiro atoms. The van der Waals surface area contributed by atoms with Crippen molar-refractivity contribution in [3.05, 3.63) is 65.2 Å². The molecule has 1 aliphatic rings. The summed E-state index contributed by atoms with van der Waals surface area (Å²) >= 11 is 0. The Morgan fingerprint density at radius 3 is 2.62 bits per heavy atom. The van der Waals surface area contributed by atoms with E-state index in [4.69, 9.17) is 4.74 Å². The Bertz CT molecular complexity index is 740. The van der Waals surface area contributed by atoms with Crippen LogP contribution < -0.4 is 10.1 Å². The van der Waals surface area contributed by atoms with Crippen LogP contribution in [0.4, 0.5) is 0 Å². The van der Waals surface area contributed by atoms with Crippen LogP contribution >= 0.6 is 0 Å². The highest BCUT2D eigenvalue weighted by Crippen LogP contribution is 2.17. The molecular weight excluding hydrogens is 328 g/mol. The van der Waals surface area contributed by atoms with Crippen LogP contribution in [0.2, 0.25) is 0 Å². The van der Waals surface area contributed by atoms with E-state index in [1.807, 2.05) is 24.3 Å². The van der Waals surface area contributed by atoms with Crippen molar-refractivity contribution in [3.63, 3.8) is 0 Å². The highest BCUT2D eigenvalue weighted by Gasteiger charge is 2.18. The number of hydrogen-bond donors (Lipinski definition) is 2. The Kier molecular flexibility index (Phi) is 6.26. The summed E-state index contributed by atoms with van der Waals surface area (Å²) in [5.74, 6) is 0.560. The van der Waals surface area contributed by atoms with Gasteiger partial charge in [0.25, 0.3) is 5.91 Å². The molecule has 1 fully saturated rings. The molecule has 0 unspecified atom stereocenters. The molecule has 0 bridgehead atoms. The topological polar surface area (TPSA) is 61.8 Å². The van der Waals surface area contributed by atoms with Crippen molar-refractivity contribution in [1.29, 1.82) is 0 Å². The average Bonchev–Trinajstić information content (AvgIpc) is 2.69. The highest BCUT2D eigenvalue weighted by atomic mass is 16.5. The highest BCUT2D eigenvalue weighted by molar-refractivity contribution is 5.94. The number of likely N-dealkylation sites (tertiary alicyclic amines) is 1. The fourth-order valence-electron chi connectivity index (χ4n) is 3.24. The van der Waals surface area contributed by atoms with E-state index in [9.17, 15) is 9.90 Å². The van der Waals surface area contributed by atoms with Crippen molar-refractivity contribution in [2.75, 3.05) is 20.2 Å². The number of amides is 1. The lowest BCUT2D eigenvalue weighted by Crippen LogP contribution is -2.35. The molecule has 2 N–H and O–H groups in total. The van der Waals surface area contributed by atoms with Crippen molar-refractivity contribution in [2.45, 2.75) is 32.0 Å². The van der Waals surface area contributed by atoms with Gasteiger partial charge in [0, 0.05) is 31.7 Å². The summed E-state index contributed by atoms with van der Waals surface area (Å²) in [5, 5.41) is 12.7. The first kappa shape index (κ1) is 18.4. The molecule has 5 nitrogen and oxygen atoms in total. The lowest BCUT2D eigenvalue weighted by atomic mass is 10.0. The van der Waals surface area contributed by atoms with Gasteiger partial charge in [-0.1, -0.05) is 30.3 Å². The molecule has 3 rings (SSSR count). The van der Waals surface area contributed by atoms with E-state index in [0.717, 1.165) is 38.0 Å². The second kappa shape index (κ2) is 8.83. The lowest BCUT2D eigenvalue weighted by Gasteiger charge is -2.30. The third-order valence-electron chi connectivity index (χ3n) is 4.84. The summed E-state index contributed by atoms with van der Waals surface area (Å²) in [6, 6.07) is 15.3. The molecular formula is C21H26N2O3. The summed E-state index contributed by atoms with van der Waals surface area (Å²) in [4.78, 5) is 14.8. The molecule has 1 heterocycles. The van der Waals surface area contributed by atoms with Gasteiger partial charge in [-0.3, -0.25) is 9.69 Å². The van der Waals surface area contributed by atoms with E-state index in [2.05, 4.69) is 22.3 Å². The molecule has 0 saturated carbocycles. The molecule has 0 radical (unpaired) electrons. The van der Waals surface area contributed by atoms with Crippen molar-refractivity contribution in [3.8, 4) is 5.75 Å². The summed E-state index contributed by atoms with van der Waals surface area (Å²) in [6.07, 6.45) is 1.49. The number of carbonyl (C=O) groups is 1. The number of methoxy groups -OCH3 is 1. The van der Waals surface area contributed by atoms with Crippen LogP contribution in [0, 0.1) is 0 Å². The summed E-state index contributed by atoms with van der Waals surface area (Å²) < 4.78 is 5.18. The van der Waals surface area contributed by atoms with Crippen molar-refractivity contribution >= 4 is 5.91 Å². The maximum absolute atomic E-state index is 12.4. The first-order valence-electron chi connectivity index (χ1n) is 9.05.